The van der Waals surface area contributed by atoms with Crippen LogP contribution in [0.4, 0.5) is 4.79 Å². The maximum absolute atomic E-state index is 11.5. The Hall–Kier alpha value is -1.26. The topological polar surface area (TPSA) is 69.6 Å². The van der Waals surface area contributed by atoms with Gasteiger partial charge >= 0.3 is 12.0 Å². The van der Waals surface area contributed by atoms with Crippen molar-refractivity contribution in [1.82, 2.24) is 10.2 Å². The number of urea groups is 1. The van der Waals surface area contributed by atoms with E-state index < -0.39 is 5.97 Å². The molecule has 1 aliphatic carbocycles. The standard InChI is InChI=1S/C10H18N2O3/c1-2-12(7-9(13)14)10(15)11-6-8-4-3-5-8/h8H,2-7H2,1H3,(H,11,15)(H,13,14). The summed E-state index contributed by atoms with van der Waals surface area (Å²) in [6.45, 7) is 2.64. The van der Waals surface area contributed by atoms with Crippen LogP contribution in [0.1, 0.15) is 26.2 Å². The Morgan fingerprint density at radius 2 is 2.13 bits per heavy atom. The molecule has 2 amide bonds. The molecule has 0 radical (unpaired) electrons. The molecule has 2 N–H and O–H groups in total. The molecule has 5 nitrogen and oxygen atoms in total. The van der Waals surface area contributed by atoms with Crippen molar-refractivity contribution in [3.8, 4) is 0 Å². The number of aliphatic carboxylic acids is 1. The summed E-state index contributed by atoms with van der Waals surface area (Å²) >= 11 is 0. The largest absolute Gasteiger partial charge is 0.480 e. The zero-order valence-electron chi connectivity index (χ0n) is 9.03. The molecule has 0 atom stereocenters. The highest BCUT2D eigenvalue weighted by Crippen LogP contribution is 2.25. The van der Waals surface area contributed by atoms with Crippen molar-refractivity contribution in [2.24, 2.45) is 5.92 Å². The summed E-state index contributed by atoms with van der Waals surface area (Å²) in [6, 6.07) is -0.271. The quantitative estimate of drug-likeness (QED) is 0.714. The average Bonchev–Trinajstić information content (AvgIpc) is 2.11. The van der Waals surface area contributed by atoms with Gasteiger partial charge in [-0.3, -0.25) is 4.79 Å². The molecule has 5 heteroatoms. The number of carbonyl (C=O) groups is 2. The fourth-order valence-electron chi connectivity index (χ4n) is 1.53. The number of rotatable bonds is 5. The minimum Gasteiger partial charge on any atom is -0.480 e. The van der Waals surface area contributed by atoms with Gasteiger partial charge in [0.1, 0.15) is 6.54 Å². The van der Waals surface area contributed by atoms with E-state index in [1.165, 1.54) is 24.2 Å². The number of likely N-dealkylation sites (N-methyl/N-ethyl adjacent to an activating group) is 1. The molecule has 15 heavy (non-hydrogen) atoms. The highest BCUT2D eigenvalue weighted by atomic mass is 16.4. The lowest BCUT2D eigenvalue weighted by Crippen LogP contribution is -2.44. The van der Waals surface area contributed by atoms with E-state index in [0.29, 0.717) is 19.0 Å². The highest BCUT2D eigenvalue weighted by Gasteiger charge is 2.20. The van der Waals surface area contributed by atoms with Crippen LogP contribution in [-0.4, -0.2) is 41.6 Å². The molecule has 0 saturated heterocycles. The minimum absolute atomic E-state index is 0.229. The first kappa shape index (κ1) is 11.8. The molecule has 1 aliphatic rings. The summed E-state index contributed by atoms with van der Waals surface area (Å²) < 4.78 is 0. The number of nitrogens with zero attached hydrogens (tertiary/aromatic N) is 1. The minimum atomic E-state index is -0.976. The molecular formula is C10H18N2O3. The number of hydrogen-bond acceptors (Lipinski definition) is 2. The van der Waals surface area contributed by atoms with E-state index in [1.54, 1.807) is 6.92 Å². The summed E-state index contributed by atoms with van der Waals surface area (Å²) in [7, 11) is 0. The molecule has 1 rings (SSSR count). The molecule has 0 unspecified atom stereocenters. The number of amides is 2. The van der Waals surface area contributed by atoms with E-state index in [0.717, 1.165) is 0 Å². The smallest absolute Gasteiger partial charge is 0.323 e. The third kappa shape index (κ3) is 3.77. The van der Waals surface area contributed by atoms with Gasteiger partial charge in [0.15, 0.2) is 0 Å². The Kier molecular flexibility index (Phi) is 4.39. The number of carboxylic acid groups (broad SMARTS) is 1. The number of carboxylic acids is 1. The van der Waals surface area contributed by atoms with Gasteiger partial charge < -0.3 is 15.3 Å². The van der Waals surface area contributed by atoms with E-state index in [-0.39, 0.29) is 12.6 Å². The van der Waals surface area contributed by atoms with Crippen LogP contribution >= 0.6 is 0 Å². The van der Waals surface area contributed by atoms with Crippen LogP contribution in [0.15, 0.2) is 0 Å². The SMILES string of the molecule is CCN(CC(=O)O)C(=O)NCC1CCC1. The van der Waals surface area contributed by atoms with Gasteiger partial charge in [-0.25, -0.2) is 4.79 Å². The zero-order valence-corrected chi connectivity index (χ0v) is 9.03. The first-order valence-electron chi connectivity index (χ1n) is 5.38. The van der Waals surface area contributed by atoms with Gasteiger partial charge in [0.25, 0.3) is 0 Å². The van der Waals surface area contributed by atoms with Gasteiger partial charge in [-0.1, -0.05) is 6.42 Å². The average molecular weight is 214 g/mol. The zero-order chi connectivity index (χ0) is 11.3. The van der Waals surface area contributed by atoms with Crippen molar-refractivity contribution in [3.05, 3.63) is 0 Å². The van der Waals surface area contributed by atoms with Gasteiger partial charge in [-0.05, 0) is 25.7 Å². The van der Waals surface area contributed by atoms with Gasteiger partial charge in [0.05, 0.1) is 0 Å². The third-order valence-electron chi connectivity index (χ3n) is 2.76. The van der Waals surface area contributed by atoms with Crippen LogP contribution in [-0.2, 0) is 4.79 Å². The fraction of sp³-hybridized carbons (Fsp3) is 0.800. The summed E-state index contributed by atoms with van der Waals surface area (Å²) in [5.41, 5.74) is 0. The van der Waals surface area contributed by atoms with Crippen LogP contribution in [0.25, 0.3) is 0 Å². The Balaban J connectivity index is 2.25. The first-order valence-corrected chi connectivity index (χ1v) is 5.38. The summed E-state index contributed by atoms with van der Waals surface area (Å²) in [6.07, 6.45) is 3.59. The predicted molar refractivity (Wildman–Crippen MR) is 55.6 cm³/mol. The Morgan fingerprint density at radius 1 is 1.47 bits per heavy atom. The van der Waals surface area contributed by atoms with E-state index in [1.807, 2.05) is 0 Å². The van der Waals surface area contributed by atoms with Crippen LogP contribution < -0.4 is 5.32 Å². The number of carbonyl (C=O) groups excluding carboxylic acids is 1. The van der Waals surface area contributed by atoms with Crippen LogP contribution in [0.5, 0.6) is 0 Å². The maximum atomic E-state index is 11.5. The Bertz CT molecular complexity index is 239. The summed E-state index contributed by atoms with van der Waals surface area (Å²) in [5.74, 6) is -0.381. The van der Waals surface area contributed by atoms with Gasteiger partial charge in [-0.2, -0.15) is 0 Å². The van der Waals surface area contributed by atoms with Crippen LogP contribution in [0.3, 0.4) is 0 Å². The predicted octanol–water partition coefficient (Wildman–Crippen LogP) is 0.903. The molecule has 0 spiro atoms. The van der Waals surface area contributed by atoms with E-state index in [9.17, 15) is 9.59 Å². The van der Waals surface area contributed by atoms with Crippen molar-refractivity contribution >= 4 is 12.0 Å². The number of nitrogens with one attached hydrogen (secondary N) is 1. The maximum Gasteiger partial charge on any atom is 0.323 e. The lowest BCUT2D eigenvalue weighted by atomic mass is 9.85. The molecule has 0 aliphatic heterocycles. The van der Waals surface area contributed by atoms with Crippen molar-refractivity contribution in [2.45, 2.75) is 26.2 Å². The molecule has 0 heterocycles. The monoisotopic (exact) mass is 214 g/mol. The first-order chi connectivity index (χ1) is 7.13. The lowest BCUT2D eigenvalue weighted by Gasteiger charge is -2.27. The molecular weight excluding hydrogens is 196 g/mol. The molecule has 0 bridgehead atoms. The molecule has 0 aromatic carbocycles. The second kappa shape index (κ2) is 5.58. The molecule has 86 valence electrons. The summed E-state index contributed by atoms with van der Waals surface area (Å²) in [4.78, 5) is 23.3. The normalized spacial score (nSPS) is 15.5. The third-order valence-corrected chi connectivity index (χ3v) is 2.76. The van der Waals surface area contributed by atoms with Crippen molar-refractivity contribution in [3.63, 3.8) is 0 Å². The van der Waals surface area contributed by atoms with Crippen molar-refractivity contribution in [1.29, 1.82) is 0 Å². The molecule has 0 aromatic rings. The second-order valence-corrected chi connectivity index (χ2v) is 3.89. The Morgan fingerprint density at radius 3 is 2.53 bits per heavy atom. The lowest BCUT2D eigenvalue weighted by molar-refractivity contribution is -0.137. The van der Waals surface area contributed by atoms with Crippen molar-refractivity contribution in [2.75, 3.05) is 19.6 Å². The van der Waals surface area contributed by atoms with E-state index in [2.05, 4.69) is 5.32 Å². The molecule has 1 saturated carbocycles. The van der Waals surface area contributed by atoms with Crippen molar-refractivity contribution < 1.29 is 14.7 Å². The van der Waals surface area contributed by atoms with Crippen LogP contribution in [0, 0.1) is 5.92 Å². The fourth-order valence-corrected chi connectivity index (χ4v) is 1.53. The van der Waals surface area contributed by atoms with Crippen LogP contribution in [0.2, 0.25) is 0 Å². The van der Waals surface area contributed by atoms with E-state index >= 15 is 0 Å². The van der Waals surface area contributed by atoms with E-state index in [4.69, 9.17) is 5.11 Å². The Labute approximate surface area is 89.4 Å². The van der Waals surface area contributed by atoms with Gasteiger partial charge in [0.2, 0.25) is 0 Å². The highest BCUT2D eigenvalue weighted by molar-refractivity contribution is 5.80. The summed E-state index contributed by atoms with van der Waals surface area (Å²) in [5, 5.41) is 11.3. The van der Waals surface area contributed by atoms with Gasteiger partial charge in [-0.15, -0.1) is 0 Å². The second-order valence-electron chi connectivity index (χ2n) is 3.89. The number of hydrogen-bond donors (Lipinski definition) is 2. The van der Waals surface area contributed by atoms with Gasteiger partial charge in [0, 0.05) is 13.1 Å². The molecule has 0 aromatic heterocycles. The molecule has 1 fully saturated rings.